The van der Waals surface area contributed by atoms with E-state index in [0.717, 1.165) is 16.8 Å². The minimum Gasteiger partial charge on any atom is -0.325 e. The zero-order valence-electron chi connectivity index (χ0n) is 16.4. The molecule has 0 radical (unpaired) electrons. The predicted octanol–water partition coefficient (Wildman–Crippen LogP) is 5.10. The molecule has 2 N–H and O–H groups in total. The van der Waals surface area contributed by atoms with E-state index in [1.165, 1.54) is 17.4 Å². The van der Waals surface area contributed by atoms with E-state index in [9.17, 15) is 9.59 Å². The van der Waals surface area contributed by atoms with Crippen molar-refractivity contribution in [2.75, 3.05) is 10.6 Å². The molecule has 0 fully saturated rings. The maximum Gasteiger partial charge on any atom is 0.250 e. The highest BCUT2D eigenvalue weighted by atomic mass is 32.1. The first kappa shape index (κ1) is 20.5. The summed E-state index contributed by atoms with van der Waals surface area (Å²) in [6.07, 6.45) is 3.36. The Balaban J connectivity index is 1.55. The summed E-state index contributed by atoms with van der Waals surface area (Å²) < 4.78 is 0. The van der Waals surface area contributed by atoms with Gasteiger partial charge in [-0.25, -0.2) is 4.98 Å². The summed E-state index contributed by atoms with van der Waals surface area (Å²) >= 11 is 1.30. The number of carbonyl (C=O) groups is 2. The smallest absolute Gasteiger partial charge is 0.250 e. The topological polar surface area (TPSA) is 71.1 Å². The highest BCUT2D eigenvalue weighted by Gasteiger charge is 2.12. The summed E-state index contributed by atoms with van der Waals surface area (Å²) in [5.74, 6) is -0.0770. The predicted molar refractivity (Wildman–Crippen MR) is 119 cm³/mol. The van der Waals surface area contributed by atoms with Crippen LogP contribution in [0.5, 0.6) is 0 Å². The standard InChI is InChI=1S/C23H23N3O2S/c1-16(2)19-10-6-7-11-20(19)25-22(28)14-18-15-29-23(24-18)26-21(27)13-12-17-8-4-3-5-9-17/h3-13,15-16H,14H2,1-2H3,(H,25,28)(H,24,26,27)/b13-12+. The zero-order valence-corrected chi connectivity index (χ0v) is 17.2. The largest absolute Gasteiger partial charge is 0.325 e. The third-order valence-electron chi connectivity index (χ3n) is 4.21. The van der Waals surface area contributed by atoms with Crippen molar-refractivity contribution in [2.45, 2.75) is 26.2 Å². The Labute approximate surface area is 174 Å². The molecule has 0 aliphatic carbocycles. The lowest BCUT2D eigenvalue weighted by Crippen LogP contribution is -2.16. The van der Waals surface area contributed by atoms with Gasteiger partial charge in [0, 0.05) is 17.1 Å². The molecule has 29 heavy (non-hydrogen) atoms. The highest BCUT2D eigenvalue weighted by molar-refractivity contribution is 7.14. The monoisotopic (exact) mass is 405 g/mol. The van der Waals surface area contributed by atoms with E-state index < -0.39 is 0 Å². The van der Waals surface area contributed by atoms with Crippen LogP contribution in [0.3, 0.4) is 0 Å². The second kappa shape index (κ2) is 9.80. The van der Waals surface area contributed by atoms with Gasteiger partial charge in [-0.05, 0) is 29.2 Å². The van der Waals surface area contributed by atoms with Crippen molar-refractivity contribution < 1.29 is 9.59 Å². The summed E-state index contributed by atoms with van der Waals surface area (Å²) in [4.78, 5) is 28.8. The second-order valence-electron chi connectivity index (χ2n) is 6.84. The normalized spacial score (nSPS) is 11.0. The number of aromatic nitrogens is 1. The van der Waals surface area contributed by atoms with Gasteiger partial charge in [-0.2, -0.15) is 0 Å². The number of hydrogen-bond acceptors (Lipinski definition) is 4. The fraction of sp³-hybridized carbons (Fsp3) is 0.174. The zero-order chi connectivity index (χ0) is 20.6. The molecule has 2 aromatic carbocycles. The Morgan fingerprint density at radius 1 is 1.03 bits per heavy atom. The molecule has 0 aliphatic rings. The van der Waals surface area contributed by atoms with Crippen molar-refractivity contribution in [3.8, 4) is 0 Å². The lowest BCUT2D eigenvalue weighted by atomic mass is 10.0. The number of amides is 2. The Morgan fingerprint density at radius 3 is 2.52 bits per heavy atom. The molecule has 1 heterocycles. The van der Waals surface area contributed by atoms with Crippen LogP contribution in [0.2, 0.25) is 0 Å². The minimum absolute atomic E-state index is 0.134. The summed E-state index contributed by atoms with van der Waals surface area (Å²) in [5.41, 5.74) is 3.48. The van der Waals surface area contributed by atoms with Crippen molar-refractivity contribution >= 4 is 40.0 Å². The molecule has 6 heteroatoms. The lowest BCUT2D eigenvalue weighted by Gasteiger charge is -2.13. The maximum atomic E-state index is 12.4. The summed E-state index contributed by atoms with van der Waals surface area (Å²) in [6.45, 7) is 4.18. The summed E-state index contributed by atoms with van der Waals surface area (Å²) in [7, 11) is 0. The molecule has 0 aliphatic heterocycles. The van der Waals surface area contributed by atoms with Crippen molar-refractivity contribution in [3.05, 3.63) is 82.9 Å². The number of nitrogens with one attached hydrogen (secondary N) is 2. The van der Waals surface area contributed by atoms with Gasteiger partial charge < -0.3 is 5.32 Å². The molecule has 3 aromatic rings. The van der Waals surface area contributed by atoms with Crippen LogP contribution < -0.4 is 10.6 Å². The lowest BCUT2D eigenvalue weighted by molar-refractivity contribution is -0.115. The third-order valence-corrected chi connectivity index (χ3v) is 5.01. The van der Waals surface area contributed by atoms with Gasteiger partial charge in [-0.3, -0.25) is 14.9 Å². The van der Waals surface area contributed by atoms with Crippen LogP contribution in [0.4, 0.5) is 10.8 Å². The van der Waals surface area contributed by atoms with Gasteiger partial charge in [0.2, 0.25) is 11.8 Å². The van der Waals surface area contributed by atoms with Crippen LogP contribution in [0.25, 0.3) is 6.08 Å². The number of thiazole rings is 1. The first-order chi connectivity index (χ1) is 14.0. The molecule has 5 nitrogen and oxygen atoms in total. The number of nitrogens with zero attached hydrogens (tertiary/aromatic N) is 1. The van der Waals surface area contributed by atoms with E-state index in [1.54, 1.807) is 11.5 Å². The van der Waals surface area contributed by atoms with E-state index in [2.05, 4.69) is 29.5 Å². The molecular formula is C23H23N3O2S. The van der Waals surface area contributed by atoms with Gasteiger partial charge in [-0.1, -0.05) is 62.4 Å². The van der Waals surface area contributed by atoms with Crippen LogP contribution >= 0.6 is 11.3 Å². The number of para-hydroxylation sites is 1. The van der Waals surface area contributed by atoms with E-state index in [4.69, 9.17) is 0 Å². The molecule has 0 atom stereocenters. The average molecular weight is 406 g/mol. The Kier molecular flexibility index (Phi) is 6.92. The number of anilines is 2. The number of carbonyl (C=O) groups excluding carboxylic acids is 2. The van der Waals surface area contributed by atoms with Gasteiger partial charge in [0.1, 0.15) is 0 Å². The average Bonchev–Trinajstić information content (AvgIpc) is 3.14. The number of rotatable bonds is 7. The molecule has 0 unspecified atom stereocenters. The first-order valence-corrected chi connectivity index (χ1v) is 10.3. The van der Waals surface area contributed by atoms with E-state index >= 15 is 0 Å². The van der Waals surface area contributed by atoms with Crippen molar-refractivity contribution in [1.82, 2.24) is 4.98 Å². The van der Waals surface area contributed by atoms with Crippen LogP contribution in [0.1, 0.15) is 36.6 Å². The second-order valence-corrected chi connectivity index (χ2v) is 7.70. The SMILES string of the molecule is CC(C)c1ccccc1NC(=O)Cc1csc(NC(=O)/C=C/c2ccccc2)n1. The Bertz CT molecular complexity index is 1010. The van der Waals surface area contributed by atoms with Crippen LogP contribution in [0, 0.1) is 0 Å². The molecular weight excluding hydrogens is 382 g/mol. The van der Waals surface area contributed by atoms with E-state index in [0.29, 0.717) is 16.7 Å². The van der Waals surface area contributed by atoms with E-state index in [1.807, 2.05) is 54.6 Å². The molecule has 0 bridgehead atoms. The Hall–Kier alpha value is -3.25. The van der Waals surface area contributed by atoms with Crippen LogP contribution in [0.15, 0.2) is 66.1 Å². The van der Waals surface area contributed by atoms with Crippen LogP contribution in [-0.2, 0) is 16.0 Å². The Morgan fingerprint density at radius 2 is 1.76 bits per heavy atom. The molecule has 1 aromatic heterocycles. The van der Waals surface area contributed by atoms with Crippen LogP contribution in [-0.4, -0.2) is 16.8 Å². The van der Waals surface area contributed by atoms with Crippen molar-refractivity contribution in [3.63, 3.8) is 0 Å². The van der Waals surface area contributed by atoms with Crippen molar-refractivity contribution in [1.29, 1.82) is 0 Å². The maximum absolute atomic E-state index is 12.4. The fourth-order valence-corrected chi connectivity index (χ4v) is 3.52. The van der Waals surface area contributed by atoms with Gasteiger partial charge in [0.25, 0.3) is 0 Å². The number of benzene rings is 2. The quantitative estimate of drug-likeness (QED) is 0.537. The first-order valence-electron chi connectivity index (χ1n) is 9.38. The van der Waals surface area contributed by atoms with Gasteiger partial charge >= 0.3 is 0 Å². The highest BCUT2D eigenvalue weighted by Crippen LogP contribution is 2.24. The molecule has 2 amide bonds. The summed E-state index contributed by atoms with van der Waals surface area (Å²) in [5, 5.41) is 7.94. The minimum atomic E-state index is -0.259. The van der Waals surface area contributed by atoms with Crippen molar-refractivity contribution in [2.24, 2.45) is 0 Å². The van der Waals surface area contributed by atoms with Gasteiger partial charge in [-0.15, -0.1) is 11.3 Å². The molecule has 3 rings (SSSR count). The van der Waals surface area contributed by atoms with Gasteiger partial charge in [0.05, 0.1) is 12.1 Å². The molecule has 0 saturated heterocycles. The molecule has 0 spiro atoms. The molecule has 0 saturated carbocycles. The third kappa shape index (κ3) is 6.12. The van der Waals surface area contributed by atoms with E-state index in [-0.39, 0.29) is 18.2 Å². The molecule has 148 valence electrons. The number of hydrogen-bond donors (Lipinski definition) is 2. The van der Waals surface area contributed by atoms with Gasteiger partial charge in [0.15, 0.2) is 5.13 Å². The summed E-state index contributed by atoms with van der Waals surface area (Å²) in [6, 6.07) is 17.4. The fourth-order valence-electron chi connectivity index (χ4n) is 2.80.